The molecule has 1 fully saturated rings. The molecule has 35 heavy (non-hydrogen) atoms. The fourth-order valence-corrected chi connectivity index (χ4v) is 3.71. The van der Waals surface area contributed by atoms with Crippen LogP contribution < -0.4 is 15.5 Å². The fourth-order valence-electron chi connectivity index (χ4n) is 3.71. The Morgan fingerprint density at radius 3 is 2.23 bits per heavy atom. The lowest BCUT2D eigenvalue weighted by molar-refractivity contribution is 0.0762. The van der Waals surface area contributed by atoms with Crippen molar-refractivity contribution in [3.8, 4) is 0 Å². The molecule has 11 heteroatoms. The summed E-state index contributed by atoms with van der Waals surface area (Å²) in [5.41, 5.74) is 0.0112. The van der Waals surface area contributed by atoms with E-state index in [9.17, 15) is 27.2 Å². The summed E-state index contributed by atoms with van der Waals surface area (Å²) in [5.74, 6) is -3.18. The van der Waals surface area contributed by atoms with Crippen molar-refractivity contribution >= 4 is 29.1 Å². The molecule has 0 bridgehead atoms. The first kappa shape index (κ1) is 24.0. The number of pyridine rings is 1. The molecule has 2 heterocycles. The van der Waals surface area contributed by atoms with Gasteiger partial charge in [0.25, 0.3) is 5.91 Å². The highest BCUT2D eigenvalue weighted by atomic mass is 19.1. The SMILES string of the molecule is O=C(Nc1ccc(N2CCCN(C(=O)c3ccc(F)cc3F)CC2)nc1)Nc1ccc(F)cc1F. The fraction of sp³-hybridized carbons (Fsp3) is 0.208. The Morgan fingerprint density at radius 2 is 1.54 bits per heavy atom. The highest BCUT2D eigenvalue weighted by Gasteiger charge is 2.23. The first-order chi connectivity index (χ1) is 16.8. The summed E-state index contributed by atoms with van der Waals surface area (Å²) in [6, 6.07) is 8.27. The number of benzene rings is 2. The number of hydrogen-bond acceptors (Lipinski definition) is 4. The van der Waals surface area contributed by atoms with Gasteiger partial charge in [-0.05, 0) is 42.8 Å². The van der Waals surface area contributed by atoms with Crippen LogP contribution >= 0.6 is 0 Å². The largest absolute Gasteiger partial charge is 0.355 e. The lowest BCUT2D eigenvalue weighted by Crippen LogP contribution is -2.35. The van der Waals surface area contributed by atoms with Crippen molar-refractivity contribution in [3.05, 3.63) is 83.6 Å². The van der Waals surface area contributed by atoms with Gasteiger partial charge in [0.1, 0.15) is 29.1 Å². The summed E-state index contributed by atoms with van der Waals surface area (Å²) in [6.45, 7) is 1.77. The summed E-state index contributed by atoms with van der Waals surface area (Å²) < 4.78 is 53.8. The molecule has 1 aliphatic rings. The van der Waals surface area contributed by atoms with E-state index >= 15 is 0 Å². The third-order valence-corrected chi connectivity index (χ3v) is 5.45. The van der Waals surface area contributed by atoms with E-state index in [1.165, 1.54) is 11.1 Å². The van der Waals surface area contributed by atoms with Crippen LogP contribution in [-0.4, -0.2) is 48.0 Å². The van der Waals surface area contributed by atoms with Gasteiger partial charge in [0, 0.05) is 38.3 Å². The van der Waals surface area contributed by atoms with Crippen molar-refractivity contribution < 1.29 is 27.2 Å². The van der Waals surface area contributed by atoms with Crippen LogP contribution in [0.3, 0.4) is 0 Å². The zero-order valence-corrected chi connectivity index (χ0v) is 18.4. The van der Waals surface area contributed by atoms with Crippen molar-refractivity contribution in [1.29, 1.82) is 0 Å². The van der Waals surface area contributed by atoms with Crippen LogP contribution in [0.4, 0.5) is 39.5 Å². The van der Waals surface area contributed by atoms with Gasteiger partial charge in [0.2, 0.25) is 0 Å². The van der Waals surface area contributed by atoms with Gasteiger partial charge in [-0.25, -0.2) is 27.3 Å². The van der Waals surface area contributed by atoms with Gasteiger partial charge < -0.3 is 20.4 Å². The molecule has 0 unspecified atom stereocenters. The quantitative estimate of drug-likeness (QED) is 0.526. The molecule has 0 saturated carbocycles. The molecule has 2 N–H and O–H groups in total. The summed E-state index contributed by atoms with van der Waals surface area (Å²) in [5, 5.41) is 4.81. The minimum absolute atomic E-state index is 0.169. The molecular formula is C24H21F4N5O2. The Labute approximate surface area is 198 Å². The predicted octanol–water partition coefficient (Wildman–Crippen LogP) is 4.63. The number of halogens is 4. The number of urea groups is 1. The van der Waals surface area contributed by atoms with Crippen molar-refractivity contribution in [2.45, 2.75) is 6.42 Å². The third-order valence-electron chi connectivity index (χ3n) is 5.45. The van der Waals surface area contributed by atoms with Crippen molar-refractivity contribution in [2.75, 3.05) is 41.7 Å². The Bertz CT molecular complexity index is 1240. The number of anilines is 3. The summed E-state index contributed by atoms with van der Waals surface area (Å²) in [7, 11) is 0. The number of amides is 3. The Hall–Kier alpha value is -4.15. The van der Waals surface area contributed by atoms with E-state index in [4.69, 9.17) is 0 Å². The van der Waals surface area contributed by atoms with E-state index in [1.807, 2.05) is 4.90 Å². The highest BCUT2D eigenvalue weighted by molar-refractivity contribution is 5.99. The van der Waals surface area contributed by atoms with Gasteiger partial charge in [-0.15, -0.1) is 0 Å². The molecular weight excluding hydrogens is 466 g/mol. The first-order valence-electron chi connectivity index (χ1n) is 10.8. The molecule has 0 atom stereocenters. The van der Waals surface area contributed by atoms with E-state index in [-0.39, 0.29) is 11.3 Å². The Balaban J connectivity index is 1.34. The number of nitrogens with one attached hydrogen (secondary N) is 2. The van der Waals surface area contributed by atoms with Crippen molar-refractivity contribution in [3.63, 3.8) is 0 Å². The number of nitrogens with zero attached hydrogens (tertiary/aromatic N) is 3. The molecule has 4 rings (SSSR count). The van der Waals surface area contributed by atoms with Crippen molar-refractivity contribution in [2.24, 2.45) is 0 Å². The second kappa shape index (κ2) is 10.4. The predicted molar refractivity (Wildman–Crippen MR) is 122 cm³/mol. The Morgan fingerprint density at radius 1 is 0.800 bits per heavy atom. The maximum Gasteiger partial charge on any atom is 0.323 e. The molecule has 1 aliphatic heterocycles. The lowest BCUT2D eigenvalue weighted by atomic mass is 10.1. The van der Waals surface area contributed by atoms with E-state index in [2.05, 4.69) is 15.6 Å². The topological polar surface area (TPSA) is 77.6 Å². The molecule has 3 aromatic rings. The first-order valence-corrected chi connectivity index (χ1v) is 10.8. The standard InChI is InChI=1S/C24H21F4N5O2/c25-15-2-5-18(19(27)12-15)23(34)33-9-1-8-32(10-11-33)22-7-4-17(14-29-22)30-24(35)31-21-6-3-16(26)13-20(21)28/h2-7,12-14H,1,8-11H2,(H2,30,31,35). The average Bonchev–Trinajstić information content (AvgIpc) is 3.07. The van der Waals surface area contributed by atoms with Gasteiger partial charge in [0.05, 0.1) is 23.1 Å². The summed E-state index contributed by atoms with van der Waals surface area (Å²) in [6.07, 6.45) is 2.04. The molecule has 1 aromatic heterocycles. The van der Waals surface area contributed by atoms with Gasteiger partial charge in [0.15, 0.2) is 0 Å². The molecule has 0 aliphatic carbocycles. The minimum Gasteiger partial charge on any atom is -0.355 e. The second-order valence-electron chi connectivity index (χ2n) is 7.87. The molecule has 0 radical (unpaired) electrons. The van der Waals surface area contributed by atoms with E-state index in [0.29, 0.717) is 56.2 Å². The molecule has 1 saturated heterocycles. The maximum atomic E-state index is 14.0. The molecule has 0 spiro atoms. The van der Waals surface area contributed by atoms with Gasteiger partial charge >= 0.3 is 6.03 Å². The average molecular weight is 487 g/mol. The van der Waals surface area contributed by atoms with Crippen LogP contribution in [0.1, 0.15) is 16.8 Å². The summed E-state index contributed by atoms with van der Waals surface area (Å²) in [4.78, 5) is 32.6. The zero-order valence-electron chi connectivity index (χ0n) is 18.4. The van der Waals surface area contributed by atoms with E-state index < -0.39 is 35.2 Å². The van der Waals surface area contributed by atoms with E-state index in [0.717, 1.165) is 24.3 Å². The molecule has 7 nitrogen and oxygen atoms in total. The number of carbonyl (C=O) groups excluding carboxylic acids is 2. The zero-order chi connectivity index (χ0) is 24.9. The van der Waals surface area contributed by atoms with Crippen molar-refractivity contribution in [1.82, 2.24) is 9.88 Å². The molecule has 3 amide bonds. The van der Waals surface area contributed by atoms with Gasteiger partial charge in [-0.2, -0.15) is 0 Å². The van der Waals surface area contributed by atoms with E-state index in [1.54, 1.807) is 12.1 Å². The van der Waals surface area contributed by atoms with Crippen LogP contribution in [0.5, 0.6) is 0 Å². The third kappa shape index (κ3) is 5.86. The number of hydrogen-bond donors (Lipinski definition) is 2. The molecule has 2 aromatic carbocycles. The summed E-state index contributed by atoms with van der Waals surface area (Å²) >= 11 is 0. The van der Waals surface area contributed by atoms with Crippen LogP contribution in [0, 0.1) is 23.3 Å². The number of carbonyl (C=O) groups is 2. The van der Waals surface area contributed by atoms with Crippen LogP contribution in [0.25, 0.3) is 0 Å². The maximum absolute atomic E-state index is 14.0. The van der Waals surface area contributed by atoms with Gasteiger partial charge in [-0.3, -0.25) is 4.79 Å². The van der Waals surface area contributed by atoms with Crippen LogP contribution in [-0.2, 0) is 0 Å². The normalized spacial score (nSPS) is 13.8. The number of rotatable bonds is 4. The second-order valence-corrected chi connectivity index (χ2v) is 7.87. The monoisotopic (exact) mass is 487 g/mol. The van der Waals surface area contributed by atoms with Gasteiger partial charge in [-0.1, -0.05) is 0 Å². The highest BCUT2D eigenvalue weighted by Crippen LogP contribution is 2.20. The molecule has 182 valence electrons. The van der Waals surface area contributed by atoms with Crippen LogP contribution in [0.15, 0.2) is 54.7 Å². The smallest absolute Gasteiger partial charge is 0.323 e. The number of aromatic nitrogens is 1. The minimum atomic E-state index is -0.899. The lowest BCUT2D eigenvalue weighted by Gasteiger charge is -2.23. The Kier molecular flexibility index (Phi) is 7.14. The van der Waals surface area contributed by atoms with Crippen LogP contribution in [0.2, 0.25) is 0 Å².